The van der Waals surface area contributed by atoms with Crippen LogP contribution in [0.25, 0.3) is 54.9 Å². The van der Waals surface area contributed by atoms with Gasteiger partial charge in [0.1, 0.15) is 5.75 Å². The molecule has 0 aromatic heterocycles. The van der Waals surface area contributed by atoms with E-state index in [0.717, 1.165) is 39.0 Å². The average Bonchev–Trinajstić information content (AvgIpc) is 3.37. The molecule has 0 amide bonds. The quantitative estimate of drug-likeness (QED) is 0.205. The zero-order valence-corrected chi connectivity index (χ0v) is 27.6. The monoisotopic (exact) mass is 629 g/mol. The lowest BCUT2D eigenvalue weighted by Gasteiger charge is -2.28. The maximum absolute atomic E-state index is 9.92. The Morgan fingerprint density at radius 3 is 1.57 bits per heavy atom. The molecule has 2 heteroatoms. The van der Waals surface area contributed by atoms with Gasteiger partial charge in [0.15, 0.2) is 0 Å². The molecule has 234 valence electrons. The Balaban J connectivity index is 1.13. The van der Waals surface area contributed by atoms with Crippen molar-refractivity contribution in [1.29, 1.82) is 0 Å². The second kappa shape index (κ2) is 11.2. The zero-order chi connectivity index (χ0) is 33.1. The van der Waals surface area contributed by atoms with Gasteiger partial charge in [-0.25, -0.2) is 0 Å². The van der Waals surface area contributed by atoms with Crippen molar-refractivity contribution < 1.29 is 5.11 Å². The number of hydrogen-bond donors (Lipinski definition) is 1. The molecule has 1 N–H and O–H groups in total. The third-order valence-electron chi connectivity index (χ3n) is 10.3. The van der Waals surface area contributed by atoms with Crippen LogP contribution in [0, 0.1) is 0 Å². The van der Waals surface area contributed by atoms with Gasteiger partial charge in [0.05, 0.1) is 0 Å². The van der Waals surface area contributed by atoms with Crippen molar-refractivity contribution in [1.82, 2.24) is 0 Å². The van der Waals surface area contributed by atoms with Gasteiger partial charge >= 0.3 is 0 Å². The zero-order valence-electron chi connectivity index (χ0n) is 27.6. The molecule has 0 saturated carbocycles. The minimum Gasteiger partial charge on any atom is -0.508 e. The first-order valence-electron chi connectivity index (χ1n) is 16.9. The van der Waals surface area contributed by atoms with Crippen molar-refractivity contribution in [3.05, 3.63) is 181 Å². The largest absolute Gasteiger partial charge is 0.508 e. The lowest BCUT2D eigenvalue weighted by atomic mass is 9.82. The Morgan fingerprint density at radius 2 is 0.878 bits per heavy atom. The first-order chi connectivity index (χ1) is 23.9. The number of benzene rings is 8. The van der Waals surface area contributed by atoms with E-state index in [1.165, 1.54) is 44.2 Å². The normalized spacial score (nSPS) is 12.9. The van der Waals surface area contributed by atoms with E-state index in [1.807, 2.05) is 12.1 Å². The summed E-state index contributed by atoms with van der Waals surface area (Å²) in [5, 5.41) is 14.6. The SMILES string of the molecule is CC1(C)c2ccccc2-c2ccc(N(c3ccc(-c4ccc5ccccc5c4)cc3)c3ccc(-c4ccc5cc(O)ccc5c4)cc3)cc21. The van der Waals surface area contributed by atoms with Crippen LogP contribution in [-0.2, 0) is 5.41 Å². The molecule has 0 heterocycles. The number of aromatic hydroxyl groups is 1. The Labute approximate surface area is 287 Å². The van der Waals surface area contributed by atoms with Gasteiger partial charge in [0.2, 0.25) is 0 Å². The summed E-state index contributed by atoms with van der Waals surface area (Å²) in [6, 6.07) is 60.7. The number of hydrogen-bond acceptors (Lipinski definition) is 2. The Bertz CT molecular complexity index is 2530. The highest BCUT2D eigenvalue weighted by molar-refractivity contribution is 5.91. The lowest BCUT2D eigenvalue weighted by Crippen LogP contribution is -2.16. The van der Waals surface area contributed by atoms with Crippen LogP contribution in [-0.4, -0.2) is 5.11 Å². The van der Waals surface area contributed by atoms with Gasteiger partial charge in [0, 0.05) is 22.5 Å². The van der Waals surface area contributed by atoms with Crippen molar-refractivity contribution in [2.24, 2.45) is 0 Å². The van der Waals surface area contributed by atoms with E-state index >= 15 is 0 Å². The van der Waals surface area contributed by atoms with E-state index in [4.69, 9.17) is 0 Å². The molecule has 9 rings (SSSR count). The number of nitrogens with zero attached hydrogens (tertiary/aromatic N) is 1. The molecule has 0 fully saturated rings. The van der Waals surface area contributed by atoms with Gasteiger partial charge in [-0.05, 0) is 127 Å². The molecule has 0 radical (unpaired) electrons. The smallest absolute Gasteiger partial charge is 0.116 e. The molecule has 0 atom stereocenters. The summed E-state index contributed by atoms with van der Waals surface area (Å²) in [5.41, 5.74) is 13.3. The number of rotatable bonds is 5. The topological polar surface area (TPSA) is 23.5 Å². The number of phenolic OH excluding ortho intramolecular Hbond substituents is 1. The van der Waals surface area contributed by atoms with Crippen LogP contribution >= 0.6 is 0 Å². The van der Waals surface area contributed by atoms with Gasteiger partial charge in [-0.3, -0.25) is 0 Å². The van der Waals surface area contributed by atoms with Crippen LogP contribution in [0.5, 0.6) is 5.75 Å². The van der Waals surface area contributed by atoms with Crippen LogP contribution < -0.4 is 4.90 Å². The van der Waals surface area contributed by atoms with Gasteiger partial charge in [-0.15, -0.1) is 0 Å². The molecule has 0 unspecified atom stereocenters. The van der Waals surface area contributed by atoms with Gasteiger partial charge in [-0.1, -0.05) is 123 Å². The van der Waals surface area contributed by atoms with Crippen molar-refractivity contribution in [2.45, 2.75) is 19.3 Å². The first-order valence-corrected chi connectivity index (χ1v) is 16.9. The Hall–Kier alpha value is -6.12. The standard InChI is InChI=1S/C47H35NO/c1-47(2)45-10-6-5-9-43(45)44-26-24-41(30-46(44)47)48(39-20-15-32(16-21-39)35-12-11-31-7-3-4-8-34(31)27-35)40-22-17-33(18-23-40)36-13-14-38-29-42(49)25-19-37(38)28-36/h3-30,49H,1-2H3. The molecule has 0 aliphatic heterocycles. The summed E-state index contributed by atoms with van der Waals surface area (Å²) < 4.78 is 0. The van der Waals surface area contributed by atoms with E-state index in [9.17, 15) is 5.11 Å². The molecule has 8 aromatic rings. The van der Waals surface area contributed by atoms with Crippen LogP contribution in [0.4, 0.5) is 17.1 Å². The maximum Gasteiger partial charge on any atom is 0.116 e. The maximum atomic E-state index is 9.92. The fourth-order valence-corrected chi connectivity index (χ4v) is 7.67. The van der Waals surface area contributed by atoms with Crippen LogP contribution in [0.1, 0.15) is 25.0 Å². The molecular weight excluding hydrogens is 595 g/mol. The fourth-order valence-electron chi connectivity index (χ4n) is 7.67. The number of anilines is 3. The number of fused-ring (bicyclic) bond motifs is 5. The van der Waals surface area contributed by atoms with E-state index in [1.54, 1.807) is 6.07 Å². The van der Waals surface area contributed by atoms with E-state index in [0.29, 0.717) is 0 Å². The summed E-state index contributed by atoms with van der Waals surface area (Å²) in [5.74, 6) is 0.286. The Kier molecular flexibility index (Phi) is 6.67. The second-order valence-corrected chi connectivity index (χ2v) is 13.6. The molecular formula is C47H35NO. The van der Waals surface area contributed by atoms with Gasteiger partial charge in [0.25, 0.3) is 0 Å². The van der Waals surface area contributed by atoms with Crippen LogP contribution in [0.15, 0.2) is 170 Å². The Morgan fingerprint density at radius 1 is 0.388 bits per heavy atom. The van der Waals surface area contributed by atoms with Gasteiger partial charge in [-0.2, -0.15) is 0 Å². The molecule has 8 aromatic carbocycles. The van der Waals surface area contributed by atoms with Crippen molar-refractivity contribution >= 4 is 38.6 Å². The summed E-state index contributed by atoms with van der Waals surface area (Å²) in [7, 11) is 0. The molecule has 1 aliphatic rings. The summed E-state index contributed by atoms with van der Waals surface area (Å²) in [4.78, 5) is 2.37. The summed E-state index contributed by atoms with van der Waals surface area (Å²) in [6.07, 6.45) is 0. The summed E-state index contributed by atoms with van der Waals surface area (Å²) >= 11 is 0. The third-order valence-corrected chi connectivity index (χ3v) is 10.3. The third kappa shape index (κ3) is 4.96. The fraction of sp³-hybridized carbons (Fsp3) is 0.0638. The molecule has 2 nitrogen and oxygen atoms in total. The van der Waals surface area contributed by atoms with Crippen LogP contribution in [0.3, 0.4) is 0 Å². The van der Waals surface area contributed by atoms with Crippen molar-refractivity contribution in [2.75, 3.05) is 4.90 Å². The van der Waals surface area contributed by atoms with Gasteiger partial charge < -0.3 is 10.0 Å². The average molecular weight is 630 g/mol. The van der Waals surface area contributed by atoms with Crippen molar-refractivity contribution in [3.8, 4) is 39.1 Å². The van der Waals surface area contributed by atoms with Crippen LogP contribution in [0.2, 0.25) is 0 Å². The first kappa shape index (κ1) is 29.1. The molecule has 0 spiro atoms. The molecule has 1 aliphatic carbocycles. The predicted octanol–water partition coefficient (Wildman–Crippen LogP) is 12.8. The van der Waals surface area contributed by atoms with E-state index in [2.05, 4.69) is 170 Å². The lowest BCUT2D eigenvalue weighted by molar-refractivity contribution is 0.476. The molecule has 0 saturated heterocycles. The number of phenols is 1. The minimum absolute atomic E-state index is 0.0930. The minimum atomic E-state index is -0.0930. The molecule has 0 bridgehead atoms. The van der Waals surface area contributed by atoms with E-state index < -0.39 is 0 Å². The highest BCUT2D eigenvalue weighted by Gasteiger charge is 2.35. The highest BCUT2D eigenvalue weighted by Crippen LogP contribution is 2.50. The molecule has 49 heavy (non-hydrogen) atoms. The second-order valence-electron chi connectivity index (χ2n) is 13.6. The highest BCUT2D eigenvalue weighted by atomic mass is 16.3. The van der Waals surface area contributed by atoms with E-state index in [-0.39, 0.29) is 11.2 Å². The summed E-state index contributed by atoms with van der Waals surface area (Å²) in [6.45, 7) is 4.67. The predicted molar refractivity (Wildman–Crippen MR) is 206 cm³/mol. The van der Waals surface area contributed by atoms with Crippen molar-refractivity contribution in [3.63, 3.8) is 0 Å².